The SMILES string of the molecule is Cc1cnc2ccc(C3CCNCC3)cc2c1. The number of rotatable bonds is 1. The monoisotopic (exact) mass is 226 g/mol. The lowest BCUT2D eigenvalue weighted by atomic mass is 9.89. The molecule has 2 nitrogen and oxygen atoms in total. The molecule has 0 radical (unpaired) electrons. The second-order valence-corrected chi connectivity index (χ2v) is 4.99. The molecule has 0 aliphatic carbocycles. The lowest BCUT2D eigenvalue weighted by Crippen LogP contribution is -2.26. The first-order chi connectivity index (χ1) is 8.33. The summed E-state index contributed by atoms with van der Waals surface area (Å²) >= 11 is 0. The van der Waals surface area contributed by atoms with Gasteiger partial charge in [-0.1, -0.05) is 6.07 Å². The lowest BCUT2D eigenvalue weighted by Gasteiger charge is -2.23. The number of hydrogen-bond acceptors (Lipinski definition) is 2. The van der Waals surface area contributed by atoms with Crippen LogP contribution in [-0.4, -0.2) is 18.1 Å². The van der Waals surface area contributed by atoms with Gasteiger partial charge in [0, 0.05) is 11.6 Å². The zero-order valence-electron chi connectivity index (χ0n) is 10.2. The summed E-state index contributed by atoms with van der Waals surface area (Å²) < 4.78 is 0. The molecule has 0 atom stereocenters. The van der Waals surface area contributed by atoms with Crippen molar-refractivity contribution in [2.45, 2.75) is 25.7 Å². The molecular weight excluding hydrogens is 208 g/mol. The summed E-state index contributed by atoms with van der Waals surface area (Å²) in [5, 5.41) is 4.70. The number of aryl methyl sites for hydroxylation is 1. The number of hydrogen-bond donors (Lipinski definition) is 1. The Morgan fingerprint density at radius 3 is 2.82 bits per heavy atom. The molecule has 0 bridgehead atoms. The van der Waals surface area contributed by atoms with Crippen molar-refractivity contribution in [1.29, 1.82) is 0 Å². The molecule has 0 saturated carbocycles. The van der Waals surface area contributed by atoms with Crippen LogP contribution >= 0.6 is 0 Å². The molecule has 88 valence electrons. The Labute approximate surface area is 102 Å². The number of fused-ring (bicyclic) bond motifs is 1. The van der Waals surface area contributed by atoms with Crippen molar-refractivity contribution in [2.75, 3.05) is 13.1 Å². The lowest BCUT2D eigenvalue weighted by molar-refractivity contribution is 0.460. The summed E-state index contributed by atoms with van der Waals surface area (Å²) in [5.74, 6) is 0.723. The van der Waals surface area contributed by atoms with Crippen LogP contribution in [0.15, 0.2) is 30.5 Å². The van der Waals surface area contributed by atoms with Crippen molar-refractivity contribution in [1.82, 2.24) is 10.3 Å². The van der Waals surface area contributed by atoms with Gasteiger partial charge in [0.1, 0.15) is 0 Å². The van der Waals surface area contributed by atoms with Crippen LogP contribution in [0, 0.1) is 6.92 Å². The third-order valence-electron chi connectivity index (χ3n) is 3.65. The van der Waals surface area contributed by atoms with Crippen LogP contribution in [0.2, 0.25) is 0 Å². The Balaban J connectivity index is 1.99. The molecule has 0 unspecified atom stereocenters. The fraction of sp³-hybridized carbons (Fsp3) is 0.400. The maximum Gasteiger partial charge on any atom is 0.0702 e. The van der Waals surface area contributed by atoms with E-state index in [0.717, 1.165) is 24.5 Å². The van der Waals surface area contributed by atoms with Crippen LogP contribution in [-0.2, 0) is 0 Å². The summed E-state index contributed by atoms with van der Waals surface area (Å²) in [6.07, 6.45) is 4.45. The smallest absolute Gasteiger partial charge is 0.0702 e. The number of piperidine rings is 1. The summed E-state index contributed by atoms with van der Waals surface area (Å²) in [6, 6.07) is 8.96. The van der Waals surface area contributed by atoms with Gasteiger partial charge in [0.15, 0.2) is 0 Å². The summed E-state index contributed by atoms with van der Waals surface area (Å²) in [6.45, 7) is 4.40. The summed E-state index contributed by atoms with van der Waals surface area (Å²) in [5.41, 5.74) is 3.82. The van der Waals surface area contributed by atoms with Crippen LogP contribution in [0.1, 0.15) is 29.9 Å². The quantitative estimate of drug-likeness (QED) is 0.808. The van der Waals surface area contributed by atoms with Crippen LogP contribution in [0.25, 0.3) is 10.9 Å². The van der Waals surface area contributed by atoms with Gasteiger partial charge in [-0.3, -0.25) is 4.98 Å². The Morgan fingerprint density at radius 1 is 1.18 bits per heavy atom. The van der Waals surface area contributed by atoms with E-state index in [1.807, 2.05) is 6.20 Å². The van der Waals surface area contributed by atoms with E-state index >= 15 is 0 Å². The van der Waals surface area contributed by atoms with Gasteiger partial charge in [-0.2, -0.15) is 0 Å². The van der Waals surface area contributed by atoms with Crippen molar-refractivity contribution in [3.05, 3.63) is 41.6 Å². The predicted molar refractivity (Wildman–Crippen MR) is 71.3 cm³/mol. The average Bonchev–Trinajstić information content (AvgIpc) is 2.39. The van der Waals surface area contributed by atoms with E-state index in [9.17, 15) is 0 Å². The zero-order chi connectivity index (χ0) is 11.7. The summed E-state index contributed by atoms with van der Waals surface area (Å²) in [7, 11) is 0. The van der Waals surface area contributed by atoms with Crippen molar-refractivity contribution in [3.63, 3.8) is 0 Å². The molecule has 3 rings (SSSR count). The van der Waals surface area contributed by atoms with E-state index in [2.05, 4.69) is 41.5 Å². The molecule has 1 aromatic heterocycles. The van der Waals surface area contributed by atoms with E-state index in [0.29, 0.717) is 0 Å². The molecule has 1 saturated heterocycles. The third-order valence-corrected chi connectivity index (χ3v) is 3.65. The van der Waals surface area contributed by atoms with Crippen LogP contribution in [0.5, 0.6) is 0 Å². The highest BCUT2D eigenvalue weighted by Crippen LogP contribution is 2.27. The minimum absolute atomic E-state index is 0.723. The van der Waals surface area contributed by atoms with Crippen molar-refractivity contribution >= 4 is 10.9 Å². The maximum atomic E-state index is 4.45. The molecule has 1 aliphatic heterocycles. The van der Waals surface area contributed by atoms with Gasteiger partial charge >= 0.3 is 0 Å². The molecule has 2 heterocycles. The van der Waals surface area contributed by atoms with Gasteiger partial charge in [-0.15, -0.1) is 0 Å². The Bertz CT molecular complexity index is 527. The Morgan fingerprint density at radius 2 is 2.00 bits per heavy atom. The standard InChI is InChI=1S/C15H18N2/c1-11-8-14-9-13(2-3-15(14)17-10-11)12-4-6-16-7-5-12/h2-3,8-10,12,16H,4-7H2,1H3. The van der Waals surface area contributed by atoms with Gasteiger partial charge in [0.25, 0.3) is 0 Å². The maximum absolute atomic E-state index is 4.45. The normalized spacial score (nSPS) is 17.5. The van der Waals surface area contributed by atoms with Gasteiger partial charge in [-0.05, 0) is 68.1 Å². The average molecular weight is 226 g/mol. The number of benzene rings is 1. The predicted octanol–water partition coefficient (Wildman–Crippen LogP) is 3.01. The topological polar surface area (TPSA) is 24.9 Å². The highest BCUT2D eigenvalue weighted by Gasteiger charge is 2.15. The molecule has 1 aliphatic rings. The fourth-order valence-electron chi connectivity index (χ4n) is 2.67. The van der Waals surface area contributed by atoms with Crippen molar-refractivity contribution < 1.29 is 0 Å². The number of pyridine rings is 1. The molecule has 17 heavy (non-hydrogen) atoms. The molecule has 2 heteroatoms. The van der Waals surface area contributed by atoms with E-state index in [1.54, 1.807) is 0 Å². The number of aromatic nitrogens is 1. The molecule has 0 amide bonds. The highest BCUT2D eigenvalue weighted by atomic mass is 14.9. The molecule has 1 N–H and O–H groups in total. The molecular formula is C15H18N2. The summed E-state index contributed by atoms with van der Waals surface area (Å²) in [4.78, 5) is 4.45. The first-order valence-corrected chi connectivity index (χ1v) is 6.40. The van der Waals surface area contributed by atoms with E-state index in [1.165, 1.54) is 29.4 Å². The van der Waals surface area contributed by atoms with Crippen LogP contribution in [0.3, 0.4) is 0 Å². The fourth-order valence-corrected chi connectivity index (χ4v) is 2.67. The zero-order valence-corrected chi connectivity index (χ0v) is 10.2. The number of nitrogens with zero attached hydrogens (tertiary/aromatic N) is 1. The van der Waals surface area contributed by atoms with E-state index < -0.39 is 0 Å². The first-order valence-electron chi connectivity index (χ1n) is 6.40. The molecule has 2 aromatic rings. The molecule has 1 aromatic carbocycles. The van der Waals surface area contributed by atoms with Crippen molar-refractivity contribution in [2.24, 2.45) is 0 Å². The number of nitrogens with one attached hydrogen (secondary N) is 1. The minimum atomic E-state index is 0.723. The third kappa shape index (κ3) is 2.18. The van der Waals surface area contributed by atoms with E-state index in [4.69, 9.17) is 0 Å². The second-order valence-electron chi connectivity index (χ2n) is 4.99. The molecule has 0 spiro atoms. The van der Waals surface area contributed by atoms with Crippen molar-refractivity contribution in [3.8, 4) is 0 Å². The largest absolute Gasteiger partial charge is 0.317 e. The second kappa shape index (κ2) is 4.46. The Hall–Kier alpha value is -1.41. The van der Waals surface area contributed by atoms with Crippen LogP contribution < -0.4 is 5.32 Å². The van der Waals surface area contributed by atoms with Crippen LogP contribution in [0.4, 0.5) is 0 Å². The van der Waals surface area contributed by atoms with Gasteiger partial charge < -0.3 is 5.32 Å². The van der Waals surface area contributed by atoms with Gasteiger partial charge in [0.05, 0.1) is 5.52 Å². The van der Waals surface area contributed by atoms with E-state index in [-0.39, 0.29) is 0 Å². The first kappa shape index (κ1) is 10.7. The van der Waals surface area contributed by atoms with Gasteiger partial charge in [-0.25, -0.2) is 0 Å². The minimum Gasteiger partial charge on any atom is -0.317 e. The van der Waals surface area contributed by atoms with Gasteiger partial charge in [0.2, 0.25) is 0 Å². The molecule has 1 fully saturated rings. The highest BCUT2D eigenvalue weighted by molar-refractivity contribution is 5.79. The Kier molecular flexibility index (Phi) is 2.81.